The summed E-state index contributed by atoms with van der Waals surface area (Å²) in [6.45, 7) is 0.343. The Balaban J connectivity index is 1.57. The maximum absolute atomic E-state index is 12.7. The lowest BCUT2D eigenvalue weighted by Crippen LogP contribution is -2.27. The summed E-state index contributed by atoms with van der Waals surface area (Å²) in [6.07, 6.45) is 4.95. The van der Waals surface area contributed by atoms with E-state index in [9.17, 15) is 14.9 Å². The van der Waals surface area contributed by atoms with Gasteiger partial charge in [0.05, 0.1) is 21.9 Å². The van der Waals surface area contributed by atoms with E-state index in [1.165, 1.54) is 22.7 Å². The third kappa shape index (κ3) is 3.96. The Morgan fingerprint density at radius 1 is 1.21 bits per heavy atom. The number of nitro groups is 1. The Kier molecular flexibility index (Phi) is 5.24. The van der Waals surface area contributed by atoms with E-state index in [4.69, 9.17) is 16.6 Å². The zero-order chi connectivity index (χ0) is 20.4. The highest BCUT2D eigenvalue weighted by molar-refractivity contribution is 8.26. The molecule has 0 spiro atoms. The Bertz CT molecular complexity index is 1140. The van der Waals surface area contributed by atoms with Gasteiger partial charge >= 0.3 is 0 Å². The maximum Gasteiger partial charge on any atom is 0.280 e. The molecule has 0 radical (unpaired) electrons. The van der Waals surface area contributed by atoms with E-state index in [0.29, 0.717) is 32.9 Å². The van der Waals surface area contributed by atoms with E-state index in [0.717, 1.165) is 5.56 Å². The molecule has 144 valence electrons. The van der Waals surface area contributed by atoms with Crippen molar-refractivity contribution < 1.29 is 14.1 Å². The van der Waals surface area contributed by atoms with Crippen LogP contribution >= 0.6 is 24.0 Å². The monoisotopic (exact) mass is 423 g/mol. The first kappa shape index (κ1) is 19.0. The largest absolute Gasteiger partial charge is 0.456 e. The normalized spacial score (nSPS) is 15.3. The van der Waals surface area contributed by atoms with Gasteiger partial charge in [0.15, 0.2) is 0 Å². The van der Waals surface area contributed by atoms with Crippen molar-refractivity contribution in [2.45, 2.75) is 6.54 Å². The van der Waals surface area contributed by atoms with Crippen molar-refractivity contribution in [1.29, 1.82) is 0 Å². The van der Waals surface area contributed by atoms with Crippen molar-refractivity contribution in [2.24, 2.45) is 0 Å². The summed E-state index contributed by atoms with van der Waals surface area (Å²) in [6, 6.07) is 13.3. The summed E-state index contributed by atoms with van der Waals surface area (Å²) in [7, 11) is 0. The van der Waals surface area contributed by atoms with Crippen LogP contribution in [0.15, 0.2) is 70.2 Å². The quantitative estimate of drug-likeness (QED) is 0.255. The second-order valence-corrected chi connectivity index (χ2v) is 7.78. The van der Waals surface area contributed by atoms with Gasteiger partial charge in [-0.2, -0.15) is 0 Å². The molecule has 0 atom stereocenters. The summed E-state index contributed by atoms with van der Waals surface area (Å²) < 4.78 is 6.20. The van der Waals surface area contributed by atoms with Crippen LogP contribution in [-0.2, 0) is 11.3 Å². The molecule has 1 aliphatic rings. The number of nitro benzene ring substituents is 1. The molecular weight excluding hydrogens is 410 g/mol. The van der Waals surface area contributed by atoms with Gasteiger partial charge in [0.1, 0.15) is 15.8 Å². The highest BCUT2D eigenvalue weighted by atomic mass is 32.2. The molecule has 1 aromatic carbocycles. The number of carbonyl (C=O) groups is 1. The van der Waals surface area contributed by atoms with Gasteiger partial charge in [-0.15, -0.1) is 0 Å². The van der Waals surface area contributed by atoms with Crippen LogP contribution in [0.25, 0.3) is 17.4 Å². The summed E-state index contributed by atoms with van der Waals surface area (Å²) in [4.78, 5) is 29.5. The SMILES string of the molecule is O=C1/C(=C/c2ccc(-c3ccccc3[N+](=O)[O-])o2)SC(=S)N1Cc1cccnc1. The number of hydrogen-bond acceptors (Lipinski definition) is 7. The van der Waals surface area contributed by atoms with Crippen LogP contribution in [0.4, 0.5) is 5.69 Å². The highest BCUT2D eigenvalue weighted by Gasteiger charge is 2.32. The molecule has 1 aliphatic heterocycles. The average molecular weight is 423 g/mol. The number of para-hydroxylation sites is 1. The van der Waals surface area contributed by atoms with Crippen molar-refractivity contribution >= 4 is 46.0 Å². The number of thiocarbonyl (C=S) groups is 1. The molecule has 1 fully saturated rings. The van der Waals surface area contributed by atoms with E-state index in [1.54, 1.807) is 54.9 Å². The molecule has 2 aromatic heterocycles. The Hall–Kier alpha value is -3.30. The lowest BCUT2D eigenvalue weighted by Gasteiger charge is -2.13. The molecule has 1 saturated heterocycles. The van der Waals surface area contributed by atoms with Gasteiger partial charge in [-0.3, -0.25) is 24.8 Å². The van der Waals surface area contributed by atoms with Gasteiger partial charge in [-0.1, -0.05) is 42.2 Å². The predicted molar refractivity (Wildman–Crippen MR) is 114 cm³/mol. The number of benzene rings is 1. The first-order valence-electron chi connectivity index (χ1n) is 8.51. The van der Waals surface area contributed by atoms with Gasteiger partial charge in [-0.25, -0.2) is 0 Å². The van der Waals surface area contributed by atoms with Crippen LogP contribution in [0.5, 0.6) is 0 Å². The summed E-state index contributed by atoms with van der Waals surface area (Å²) in [5, 5.41) is 11.2. The number of aromatic nitrogens is 1. The average Bonchev–Trinajstić information content (AvgIpc) is 3.29. The Labute approximate surface area is 175 Å². The van der Waals surface area contributed by atoms with Crippen LogP contribution in [0, 0.1) is 10.1 Å². The fraction of sp³-hybridized carbons (Fsp3) is 0.0500. The second-order valence-electron chi connectivity index (χ2n) is 6.11. The van der Waals surface area contributed by atoms with Crippen LogP contribution in [0.2, 0.25) is 0 Å². The number of carbonyl (C=O) groups excluding carboxylic acids is 1. The summed E-state index contributed by atoms with van der Waals surface area (Å²) >= 11 is 6.53. The smallest absolute Gasteiger partial charge is 0.280 e. The molecule has 0 unspecified atom stereocenters. The second kappa shape index (κ2) is 7.98. The van der Waals surface area contributed by atoms with Crippen molar-refractivity contribution in [3.63, 3.8) is 0 Å². The van der Waals surface area contributed by atoms with Crippen LogP contribution < -0.4 is 0 Å². The van der Waals surface area contributed by atoms with E-state index < -0.39 is 4.92 Å². The van der Waals surface area contributed by atoms with E-state index in [-0.39, 0.29) is 11.6 Å². The Morgan fingerprint density at radius 2 is 2.03 bits per heavy atom. The molecule has 0 saturated carbocycles. The molecule has 0 N–H and O–H groups in total. The maximum atomic E-state index is 12.7. The summed E-state index contributed by atoms with van der Waals surface area (Å²) in [5.74, 6) is 0.557. The van der Waals surface area contributed by atoms with Gasteiger partial charge in [0, 0.05) is 24.5 Å². The minimum absolute atomic E-state index is 0.0452. The predicted octanol–water partition coefficient (Wildman–Crippen LogP) is 4.65. The number of nitrogens with zero attached hydrogens (tertiary/aromatic N) is 3. The molecule has 29 heavy (non-hydrogen) atoms. The fourth-order valence-corrected chi connectivity index (χ4v) is 4.09. The lowest BCUT2D eigenvalue weighted by atomic mass is 10.1. The number of furan rings is 1. The van der Waals surface area contributed by atoms with E-state index in [2.05, 4.69) is 4.98 Å². The van der Waals surface area contributed by atoms with Crippen molar-refractivity contribution in [1.82, 2.24) is 9.88 Å². The molecule has 0 aliphatic carbocycles. The topological polar surface area (TPSA) is 89.5 Å². The molecule has 0 bridgehead atoms. The third-order valence-electron chi connectivity index (χ3n) is 4.20. The lowest BCUT2D eigenvalue weighted by molar-refractivity contribution is -0.384. The standard InChI is InChI=1S/C20H13N3O4S2/c24-19-18(29-20(28)22(19)12-13-4-3-9-21-11-13)10-14-7-8-17(27-14)15-5-1-2-6-16(15)23(25)26/h1-11H,12H2/b18-10-. The Morgan fingerprint density at radius 3 is 2.79 bits per heavy atom. The minimum Gasteiger partial charge on any atom is -0.456 e. The molecule has 3 aromatic rings. The molecule has 7 nitrogen and oxygen atoms in total. The van der Waals surface area contributed by atoms with E-state index >= 15 is 0 Å². The highest BCUT2D eigenvalue weighted by Crippen LogP contribution is 2.35. The zero-order valence-electron chi connectivity index (χ0n) is 14.8. The number of pyridine rings is 1. The minimum atomic E-state index is -0.457. The van der Waals surface area contributed by atoms with Gasteiger partial charge in [0.2, 0.25) is 0 Å². The van der Waals surface area contributed by atoms with Crippen LogP contribution in [0.1, 0.15) is 11.3 Å². The van der Waals surface area contributed by atoms with Gasteiger partial charge < -0.3 is 4.42 Å². The number of amides is 1. The first-order chi connectivity index (χ1) is 14.0. The van der Waals surface area contributed by atoms with Crippen LogP contribution in [0.3, 0.4) is 0 Å². The number of rotatable bonds is 5. The van der Waals surface area contributed by atoms with Crippen molar-refractivity contribution in [2.75, 3.05) is 0 Å². The van der Waals surface area contributed by atoms with Crippen molar-refractivity contribution in [3.05, 3.63) is 87.3 Å². The molecule has 3 heterocycles. The van der Waals surface area contributed by atoms with Gasteiger partial charge in [0.25, 0.3) is 11.6 Å². The zero-order valence-corrected chi connectivity index (χ0v) is 16.5. The molecular formula is C20H13N3O4S2. The molecule has 1 amide bonds. The molecule has 9 heteroatoms. The fourth-order valence-electron chi connectivity index (χ4n) is 2.86. The van der Waals surface area contributed by atoms with Gasteiger partial charge in [-0.05, 0) is 29.8 Å². The summed E-state index contributed by atoms with van der Waals surface area (Å²) in [5.41, 5.74) is 1.21. The number of hydrogen-bond donors (Lipinski definition) is 0. The van der Waals surface area contributed by atoms with Crippen molar-refractivity contribution in [3.8, 4) is 11.3 Å². The molecule has 4 rings (SSSR count). The van der Waals surface area contributed by atoms with Crippen LogP contribution in [-0.4, -0.2) is 25.0 Å². The van der Waals surface area contributed by atoms with E-state index in [1.807, 2.05) is 6.07 Å². The number of thioether (sulfide) groups is 1. The third-order valence-corrected chi connectivity index (χ3v) is 5.58. The first-order valence-corrected chi connectivity index (χ1v) is 9.73.